The summed E-state index contributed by atoms with van der Waals surface area (Å²) >= 11 is 16.2. The van der Waals surface area contributed by atoms with E-state index in [4.69, 9.17) is 32.7 Å². The van der Waals surface area contributed by atoms with Crippen LogP contribution in [-0.4, -0.2) is 30.2 Å². The third kappa shape index (κ3) is 8.34. The number of hydrogen-bond donors (Lipinski definition) is 2. The summed E-state index contributed by atoms with van der Waals surface area (Å²) in [6, 6.07) is 37.7. The molecule has 2 heterocycles. The Labute approximate surface area is 338 Å². The minimum absolute atomic E-state index is 0.138. The summed E-state index contributed by atoms with van der Waals surface area (Å²) in [5.74, 6) is -2.81. The van der Waals surface area contributed by atoms with Crippen molar-refractivity contribution in [1.82, 2.24) is 10.6 Å². The van der Waals surface area contributed by atoms with Gasteiger partial charge < -0.3 is 20.1 Å². The number of ether oxygens (including phenoxy) is 2. The average Bonchev–Trinajstić information content (AvgIpc) is 3.21. The molecule has 0 radical (unpaired) electrons. The maximum atomic E-state index is 13.8. The van der Waals surface area contributed by atoms with E-state index < -0.39 is 23.8 Å². The summed E-state index contributed by atoms with van der Waals surface area (Å²) in [6.45, 7) is 3.74. The van der Waals surface area contributed by atoms with Gasteiger partial charge in [-0.3, -0.25) is 0 Å². The van der Waals surface area contributed by atoms with Crippen LogP contribution >= 0.6 is 46.7 Å². The van der Waals surface area contributed by atoms with E-state index >= 15 is 0 Å². The van der Waals surface area contributed by atoms with Crippen molar-refractivity contribution in [1.29, 1.82) is 10.5 Å². The molecule has 0 saturated heterocycles. The second-order valence-electron chi connectivity index (χ2n) is 12.0. The third-order valence-corrected chi connectivity index (χ3v) is 11.7. The number of halogens is 2. The van der Waals surface area contributed by atoms with Crippen LogP contribution in [0.5, 0.6) is 0 Å². The lowest BCUT2D eigenvalue weighted by Crippen LogP contribution is -2.30. The number of nitrogens with one attached hydrogen (secondary N) is 2. The Morgan fingerprint density at radius 2 is 0.982 bits per heavy atom. The fraction of sp³-hybridized carbons (Fsp3) is 0.163. The van der Waals surface area contributed by atoms with Crippen molar-refractivity contribution in [3.05, 3.63) is 174 Å². The molecule has 0 amide bonds. The molecule has 8 nitrogen and oxygen atoms in total. The number of esters is 2. The Kier molecular flexibility index (Phi) is 13.1. The molecule has 2 atom stereocenters. The van der Waals surface area contributed by atoms with E-state index in [0.717, 1.165) is 11.1 Å². The number of benzene rings is 4. The first kappa shape index (κ1) is 39.3. The Balaban J connectivity index is 1.44. The van der Waals surface area contributed by atoms with Crippen molar-refractivity contribution in [2.75, 3.05) is 18.3 Å². The summed E-state index contributed by atoms with van der Waals surface area (Å²) < 4.78 is 11.1. The molecule has 4 aromatic carbocycles. The number of nitrogens with zero attached hydrogens (tertiary/aromatic N) is 2. The second-order valence-corrected chi connectivity index (χ2v) is 15.2. The van der Waals surface area contributed by atoms with Gasteiger partial charge in [0.25, 0.3) is 0 Å². The number of rotatable bonds is 12. The van der Waals surface area contributed by atoms with Crippen molar-refractivity contribution in [2.45, 2.75) is 25.7 Å². The van der Waals surface area contributed by atoms with Crippen LogP contribution in [0.4, 0.5) is 0 Å². The van der Waals surface area contributed by atoms with Gasteiger partial charge in [0.2, 0.25) is 0 Å². The number of carbonyl (C=O) groups excluding carboxylic acids is 2. The minimum atomic E-state index is -0.840. The van der Waals surface area contributed by atoms with Gasteiger partial charge in [-0.15, -0.1) is 0 Å². The van der Waals surface area contributed by atoms with Crippen LogP contribution in [-0.2, 0) is 19.1 Å². The fourth-order valence-corrected chi connectivity index (χ4v) is 9.16. The molecule has 2 aliphatic rings. The molecule has 0 fully saturated rings. The zero-order valence-electron chi connectivity index (χ0n) is 29.8. The minimum Gasteiger partial charge on any atom is -0.463 e. The van der Waals surface area contributed by atoms with Gasteiger partial charge in [-0.05, 0) is 48.2 Å². The molecule has 2 N–H and O–H groups in total. The van der Waals surface area contributed by atoms with E-state index in [-0.39, 0.29) is 35.5 Å². The molecule has 12 heteroatoms. The van der Waals surface area contributed by atoms with Gasteiger partial charge >= 0.3 is 11.9 Å². The van der Waals surface area contributed by atoms with Gasteiger partial charge in [-0.1, -0.05) is 144 Å². The summed E-state index contributed by atoms with van der Waals surface area (Å²) in [6.07, 6.45) is 0. The zero-order chi connectivity index (χ0) is 38.9. The van der Waals surface area contributed by atoms with Gasteiger partial charge in [0, 0.05) is 10.0 Å². The lowest BCUT2D eigenvalue weighted by Gasteiger charge is -2.32. The van der Waals surface area contributed by atoms with E-state index in [0.29, 0.717) is 47.7 Å². The van der Waals surface area contributed by atoms with Crippen molar-refractivity contribution in [2.24, 2.45) is 0 Å². The number of dihydropyridines is 2. The van der Waals surface area contributed by atoms with Gasteiger partial charge in [0.1, 0.15) is 0 Å². The quantitative estimate of drug-likeness (QED) is 0.106. The fourth-order valence-electron chi connectivity index (χ4n) is 6.50. The highest BCUT2D eigenvalue weighted by molar-refractivity contribution is 8.19. The number of nitriles is 2. The first-order chi connectivity index (χ1) is 26.8. The lowest BCUT2D eigenvalue weighted by atomic mass is 9.81. The number of allylic oxidation sites excluding steroid dienone is 2. The zero-order valence-corrected chi connectivity index (χ0v) is 32.9. The van der Waals surface area contributed by atoms with Gasteiger partial charge in [0.05, 0.1) is 86.0 Å². The molecule has 0 aromatic heterocycles. The van der Waals surface area contributed by atoms with Crippen molar-refractivity contribution >= 4 is 70.1 Å². The summed E-state index contributed by atoms with van der Waals surface area (Å²) in [5.41, 5.74) is 4.72. The van der Waals surface area contributed by atoms with Crippen LogP contribution in [0.15, 0.2) is 142 Å². The monoisotopic (exact) mass is 804 g/mol. The molecule has 0 saturated carbocycles. The molecule has 0 unspecified atom stereocenters. The average molecular weight is 806 g/mol. The first-order valence-electron chi connectivity index (χ1n) is 17.3. The Morgan fingerprint density at radius 3 is 1.33 bits per heavy atom. The predicted molar refractivity (Wildman–Crippen MR) is 220 cm³/mol. The van der Waals surface area contributed by atoms with E-state index in [1.807, 2.05) is 72.8 Å². The highest BCUT2D eigenvalue weighted by Gasteiger charge is 2.40. The Morgan fingerprint density at radius 1 is 0.618 bits per heavy atom. The maximum Gasteiger partial charge on any atom is 0.337 e. The van der Waals surface area contributed by atoms with Crippen molar-refractivity contribution < 1.29 is 19.1 Å². The molecular formula is C43H34Cl2N4O4S2. The number of hydrogen-bond acceptors (Lipinski definition) is 10. The van der Waals surface area contributed by atoms with Crippen LogP contribution in [0.1, 0.15) is 47.9 Å². The maximum absolute atomic E-state index is 13.8. The molecule has 0 bridgehead atoms. The molecule has 2 aliphatic heterocycles. The van der Waals surface area contributed by atoms with Crippen LogP contribution < -0.4 is 10.6 Å². The van der Waals surface area contributed by atoms with Crippen LogP contribution in [0.3, 0.4) is 0 Å². The molecule has 276 valence electrons. The van der Waals surface area contributed by atoms with E-state index in [9.17, 15) is 20.1 Å². The topological polar surface area (TPSA) is 124 Å². The molecular weight excluding hydrogens is 772 g/mol. The van der Waals surface area contributed by atoms with Crippen molar-refractivity contribution in [3.8, 4) is 12.1 Å². The van der Waals surface area contributed by atoms with Crippen LogP contribution in [0.2, 0.25) is 10.0 Å². The van der Waals surface area contributed by atoms with E-state index in [2.05, 4.69) is 22.8 Å². The molecule has 6 rings (SSSR count). The largest absolute Gasteiger partial charge is 0.463 e. The summed E-state index contributed by atoms with van der Waals surface area (Å²) in [5, 5.41) is 30.4. The van der Waals surface area contributed by atoms with Crippen LogP contribution in [0.25, 0.3) is 11.4 Å². The molecule has 55 heavy (non-hydrogen) atoms. The Bertz CT molecular complexity index is 2170. The molecule has 4 aromatic rings. The highest BCUT2D eigenvalue weighted by atomic mass is 35.5. The van der Waals surface area contributed by atoms with Crippen LogP contribution in [0, 0.1) is 22.7 Å². The first-order valence-corrected chi connectivity index (χ1v) is 20.1. The molecule has 0 aliphatic carbocycles. The number of carbonyl (C=O) groups is 2. The normalized spacial score (nSPS) is 16.8. The SMILES string of the molecule is CCOC(=O)C1=C(c2ccccc2)NC(SCSC2=C(C#N)[C@@H](c3ccccc3Cl)C(C(=O)OCC)=C(c3ccccc3)N2)=C(C#N)[C@H]1c1ccccc1Cl. The molecule has 0 spiro atoms. The predicted octanol–water partition coefficient (Wildman–Crippen LogP) is 9.91. The Hall–Kier alpha value is -5.36. The van der Waals surface area contributed by atoms with E-state index in [1.165, 1.54) is 23.5 Å². The highest BCUT2D eigenvalue weighted by Crippen LogP contribution is 2.48. The lowest BCUT2D eigenvalue weighted by molar-refractivity contribution is -0.139. The standard InChI is InChI=1S/C43H34Cl2N4O4S2/c1-3-52-42(50)36-34(28-19-11-13-21-32(28)44)30(23-46)40(48-38(36)26-15-7-5-8-16-26)54-25-55-41-31(24-47)35(29-20-12-14-22-33(29)45)37(43(51)53-4-2)39(49-41)27-17-9-6-10-18-27/h5-22,34-35,48-49H,3-4,25H2,1-2H3/t34-,35-/m1/s1. The van der Waals surface area contributed by atoms with Gasteiger partial charge in [-0.2, -0.15) is 10.5 Å². The van der Waals surface area contributed by atoms with Crippen molar-refractivity contribution in [3.63, 3.8) is 0 Å². The summed E-state index contributed by atoms with van der Waals surface area (Å²) in [4.78, 5) is 27.5. The van der Waals surface area contributed by atoms with Gasteiger partial charge in [0.15, 0.2) is 0 Å². The third-order valence-electron chi connectivity index (χ3n) is 8.86. The number of thioether (sulfide) groups is 2. The smallest absolute Gasteiger partial charge is 0.337 e. The van der Waals surface area contributed by atoms with E-state index in [1.54, 1.807) is 50.2 Å². The summed E-state index contributed by atoms with van der Waals surface area (Å²) in [7, 11) is 0. The second kappa shape index (κ2) is 18.3. The van der Waals surface area contributed by atoms with Gasteiger partial charge in [-0.25, -0.2) is 9.59 Å².